The molecule has 2 aromatic carbocycles. The Morgan fingerprint density at radius 2 is 1.88 bits per heavy atom. The average molecular weight is 322 g/mol. The Kier molecular flexibility index (Phi) is 4.33. The van der Waals surface area contributed by atoms with Crippen molar-refractivity contribution in [2.75, 3.05) is 0 Å². The zero-order valence-electron chi connectivity index (χ0n) is 13.2. The van der Waals surface area contributed by atoms with E-state index in [1.807, 2.05) is 25.1 Å². The number of carboxylic acids is 1. The van der Waals surface area contributed by atoms with Gasteiger partial charge in [-0.2, -0.15) is 0 Å². The van der Waals surface area contributed by atoms with E-state index in [4.69, 9.17) is 0 Å². The van der Waals surface area contributed by atoms with Crippen molar-refractivity contribution in [3.63, 3.8) is 0 Å². The van der Waals surface area contributed by atoms with Gasteiger partial charge in [0.25, 0.3) is 0 Å². The van der Waals surface area contributed by atoms with Gasteiger partial charge >= 0.3 is 5.97 Å². The fourth-order valence-electron chi connectivity index (χ4n) is 2.91. The van der Waals surface area contributed by atoms with E-state index in [2.05, 4.69) is 10.3 Å². The number of carbonyl (C=O) groups is 2. The van der Waals surface area contributed by atoms with Gasteiger partial charge < -0.3 is 15.4 Å². The number of aryl methyl sites for hydroxylation is 1. The summed E-state index contributed by atoms with van der Waals surface area (Å²) in [4.78, 5) is 27.0. The number of nitrogens with one attached hydrogen (secondary N) is 2. The summed E-state index contributed by atoms with van der Waals surface area (Å²) in [6, 6.07) is 13.5. The quantitative estimate of drug-likeness (QED) is 0.675. The lowest BCUT2D eigenvalue weighted by Gasteiger charge is -2.14. The van der Waals surface area contributed by atoms with Gasteiger partial charge in [0, 0.05) is 17.1 Å². The lowest BCUT2D eigenvalue weighted by Crippen LogP contribution is -2.34. The van der Waals surface area contributed by atoms with E-state index in [1.54, 1.807) is 36.5 Å². The molecule has 0 aliphatic rings. The van der Waals surface area contributed by atoms with Crippen LogP contribution in [0.25, 0.3) is 10.9 Å². The maximum atomic E-state index is 12.4. The highest BCUT2D eigenvalue weighted by Crippen LogP contribution is 2.22. The van der Waals surface area contributed by atoms with Crippen LogP contribution in [0.4, 0.5) is 0 Å². The molecule has 1 aromatic heterocycles. The average Bonchev–Trinajstić information content (AvgIpc) is 2.97. The second kappa shape index (κ2) is 6.58. The Morgan fingerprint density at radius 1 is 1.12 bits per heavy atom. The van der Waals surface area contributed by atoms with E-state index in [9.17, 15) is 14.7 Å². The molecule has 5 heteroatoms. The van der Waals surface area contributed by atoms with Crippen LogP contribution in [0.5, 0.6) is 0 Å². The van der Waals surface area contributed by atoms with Crippen LogP contribution in [-0.2, 0) is 16.0 Å². The number of fused-ring (bicyclic) bond motifs is 1. The van der Waals surface area contributed by atoms with E-state index in [1.165, 1.54) is 0 Å². The van der Waals surface area contributed by atoms with Crippen LogP contribution in [0, 0.1) is 6.92 Å². The molecule has 122 valence electrons. The van der Waals surface area contributed by atoms with Gasteiger partial charge in [-0.25, -0.2) is 4.79 Å². The first-order valence-corrected chi connectivity index (χ1v) is 7.69. The van der Waals surface area contributed by atoms with Gasteiger partial charge in [0.05, 0.1) is 6.42 Å². The van der Waals surface area contributed by atoms with E-state index in [-0.39, 0.29) is 12.3 Å². The van der Waals surface area contributed by atoms with Crippen molar-refractivity contribution in [2.24, 2.45) is 0 Å². The molecule has 0 aliphatic heterocycles. The Bertz CT molecular complexity index is 884. The third kappa shape index (κ3) is 3.15. The van der Waals surface area contributed by atoms with Crippen molar-refractivity contribution in [3.05, 3.63) is 71.4 Å². The number of hydrogen-bond acceptors (Lipinski definition) is 2. The maximum absolute atomic E-state index is 12.4. The van der Waals surface area contributed by atoms with Crippen LogP contribution in [0.15, 0.2) is 54.7 Å². The molecule has 0 aliphatic carbocycles. The van der Waals surface area contributed by atoms with Crippen LogP contribution in [-0.4, -0.2) is 22.0 Å². The van der Waals surface area contributed by atoms with Crippen molar-refractivity contribution in [1.29, 1.82) is 0 Å². The van der Waals surface area contributed by atoms with E-state index >= 15 is 0 Å². The number of aromatic amines is 1. The van der Waals surface area contributed by atoms with Crippen LogP contribution in [0.3, 0.4) is 0 Å². The van der Waals surface area contributed by atoms with Crippen molar-refractivity contribution in [1.82, 2.24) is 10.3 Å². The zero-order valence-corrected chi connectivity index (χ0v) is 13.2. The third-order valence-corrected chi connectivity index (χ3v) is 4.03. The van der Waals surface area contributed by atoms with Crippen LogP contribution >= 0.6 is 0 Å². The minimum Gasteiger partial charge on any atom is -0.479 e. The van der Waals surface area contributed by atoms with Gasteiger partial charge in [-0.3, -0.25) is 4.79 Å². The first kappa shape index (κ1) is 15.8. The molecule has 0 saturated heterocycles. The summed E-state index contributed by atoms with van der Waals surface area (Å²) in [5.74, 6) is -1.40. The number of benzene rings is 2. The molecule has 0 bridgehead atoms. The summed E-state index contributed by atoms with van der Waals surface area (Å²) in [6.45, 7) is 1.99. The van der Waals surface area contributed by atoms with Crippen LogP contribution in [0.1, 0.15) is 22.7 Å². The Hall–Kier alpha value is -3.08. The summed E-state index contributed by atoms with van der Waals surface area (Å²) in [7, 11) is 0. The number of rotatable bonds is 5. The van der Waals surface area contributed by atoms with E-state index in [0.29, 0.717) is 5.56 Å². The topological polar surface area (TPSA) is 82.2 Å². The van der Waals surface area contributed by atoms with Crippen molar-refractivity contribution >= 4 is 22.8 Å². The number of aliphatic carboxylic acids is 1. The minimum atomic E-state index is -1.08. The molecule has 24 heavy (non-hydrogen) atoms. The third-order valence-electron chi connectivity index (χ3n) is 4.03. The lowest BCUT2D eigenvalue weighted by atomic mass is 10.0. The number of amides is 1. The summed E-state index contributed by atoms with van der Waals surface area (Å²) < 4.78 is 0. The molecule has 3 aromatic rings. The Morgan fingerprint density at radius 3 is 2.58 bits per heavy atom. The number of H-pyrrole nitrogens is 1. The summed E-state index contributed by atoms with van der Waals surface area (Å²) >= 11 is 0. The van der Waals surface area contributed by atoms with Crippen molar-refractivity contribution in [2.45, 2.75) is 19.4 Å². The molecule has 0 saturated carbocycles. The smallest absolute Gasteiger partial charge is 0.330 e. The maximum Gasteiger partial charge on any atom is 0.330 e. The van der Waals surface area contributed by atoms with Gasteiger partial charge in [0.1, 0.15) is 0 Å². The lowest BCUT2D eigenvalue weighted by molar-refractivity contribution is -0.141. The van der Waals surface area contributed by atoms with Gasteiger partial charge in [0.2, 0.25) is 5.91 Å². The monoisotopic (exact) mass is 322 g/mol. The molecule has 3 N–H and O–H groups in total. The predicted molar refractivity (Wildman–Crippen MR) is 91.7 cm³/mol. The van der Waals surface area contributed by atoms with Crippen LogP contribution < -0.4 is 5.32 Å². The second-order valence-electron chi connectivity index (χ2n) is 5.74. The fourth-order valence-corrected chi connectivity index (χ4v) is 2.91. The molecule has 0 fully saturated rings. The van der Waals surface area contributed by atoms with Gasteiger partial charge in [-0.05, 0) is 29.7 Å². The molecule has 1 atom stereocenters. The molecular formula is C19H18N2O3. The van der Waals surface area contributed by atoms with Crippen molar-refractivity contribution < 1.29 is 14.7 Å². The number of carboxylic acid groups (broad SMARTS) is 1. The Labute approximate surface area is 139 Å². The SMILES string of the molecule is Cc1cccc2[nH]cc(CC(=O)NC(C(=O)O)c3ccccc3)c12. The van der Waals surface area contributed by atoms with E-state index in [0.717, 1.165) is 22.0 Å². The van der Waals surface area contributed by atoms with Crippen molar-refractivity contribution in [3.8, 4) is 0 Å². The molecule has 3 rings (SSSR count). The molecule has 1 unspecified atom stereocenters. The molecule has 5 nitrogen and oxygen atoms in total. The molecule has 1 amide bonds. The largest absolute Gasteiger partial charge is 0.479 e. The van der Waals surface area contributed by atoms with Gasteiger partial charge in [-0.15, -0.1) is 0 Å². The van der Waals surface area contributed by atoms with E-state index < -0.39 is 12.0 Å². The van der Waals surface area contributed by atoms with Crippen LogP contribution in [0.2, 0.25) is 0 Å². The highest BCUT2D eigenvalue weighted by molar-refractivity contribution is 5.92. The highest BCUT2D eigenvalue weighted by atomic mass is 16.4. The molecule has 1 heterocycles. The fraction of sp³-hybridized carbons (Fsp3) is 0.158. The number of carbonyl (C=O) groups excluding carboxylic acids is 1. The minimum absolute atomic E-state index is 0.126. The predicted octanol–water partition coefficient (Wildman–Crippen LogP) is 2.96. The van der Waals surface area contributed by atoms with Gasteiger partial charge in [0.15, 0.2) is 6.04 Å². The summed E-state index contributed by atoms with van der Waals surface area (Å²) in [5.41, 5.74) is 3.45. The number of aromatic nitrogens is 1. The number of hydrogen-bond donors (Lipinski definition) is 3. The Balaban J connectivity index is 1.80. The first-order valence-electron chi connectivity index (χ1n) is 7.69. The van der Waals surface area contributed by atoms with Gasteiger partial charge in [-0.1, -0.05) is 42.5 Å². The second-order valence-corrected chi connectivity index (χ2v) is 5.74. The summed E-state index contributed by atoms with van der Waals surface area (Å²) in [5, 5.41) is 13.0. The first-order chi connectivity index (χ1) is 11.6. The zero-order chi connectivity index (χ0) is 17.1. The molecule has 0 radical (unpaired) electrons. The molecule has 0 spiro atoms. The standard InChI is InChI=1S/C19H18N2O3/c1-12-6-5-9-15-17(12)14(11-20-15)10-16(22)21-18(19(23)24)13-7-3-2-4-8-13/h2-9,11,18,20H,10H2,1H3,(H,21,22)(H,23,24). The normalized spacial score (nSPS) is 12.0. The summed E-state index contributed by atoms with van der Waals surface area (Å²) in [6.07, 6.45) is 1.93. The highest BCUT2D eigenvalue weighted by Gasteiger charge is 2.22. The molecular weight excluding hydrogens is 304 g/mol.